The molecular formula is C13H15ClFNO4S. The van der Waals surface area contributed by atoms with Crippen LogP contribution in [0.1, 0.15) is 22.3 Å². The summed E-state index contributed by atoms with van der Waals surface area (Å²) < 4.78 is 41.8. The van der Waals surface area contributed by atoms with Gasteiger partial charge in [0.2, 0.25) is 0 Å². The molecule has 1 unspecified atom stereocenters. The monoisotopic (exact) mass is 335 g/mol. The van der Waals surface area contributed by atoms with Gasteiger partial charge in [0, 0.05) is 29.9 Å². The Labute approximate surface area is 127 Å². The molecule has 1 aliphatic heterocycles. The van der Waals surface area contributed by atoms with Crippen molar-refractivity contribution in [2.45, 2.75) is 24.3 Å². The van der Waals surface area contributed by atoms with E-state index in [0.717, 1.165) is 6.07 Å². The van der Waals surface area contributed by atoms with Gasteiger partial charge in [-0.1, -0.05) is 0 Å². The lowest BCUT2D eigenvalue weighted by molar-refractivity contribution is 0.0711. The highest BCUT2D eigenvalue weighted by molar-refractivity contribution is 8.13. The highest BCUT2D eigenvalue weighted by Crippen LogP contribution is 2.25. The topological polar surface area (TPSA) is 63.7 Å². The Morgan fingerprint density at radius 2 is 2.14 bits per heavy atom. The van der Waals surface area contributed by atoms with E-state index in [0.29, 0.717) is 19.6 Å². The minimum atomic E-state index is -4.25. The van der Waals surface area contributed by atoms with E-state index in [1.807, 2.05) is 0 Å². The highest BCUT2D eigenvalue weighted by atomic mass is 35.7. The van der Waals surface area contributed by atoms with Gasteiger partial charge < -0.3 is 9.64 Å². The molecular weight excluding hydrogens is 321 g/mol. The van der Waals surface area contributed by atoms with E-state index in [1.165, 1.54) is 17.9 Å². The Balaban J connectivity index is 2.40. The SMILES string of the molecule is Cc1cc(C(=O)N(C)C2CCOC2)cc(S(=O)(=O)Cl)c1F. The largest absolute Gasteiger partial charge is 0.379 e. The molecule has 0 saturated carbocycles. The first-order chi connectivity index (χ1) is 9.71. The second-order valence-corrected chi connectivity index (χ2v) is 7.51. The van der Waals surface area contributed by atoms with Gasteiger partial charge in [0.15, 0.2) is 0 Å². The number of hydrogen-bond donors (Lipinski definition) is 0. The van der Waals surface area contributed by atoms with E-state index >= 15 is 0 Å². The van der Waals surface area contributed by atoms with Gasteiger partial charge in [-0.15, -0.1) is 0 Å². The minimum Gasteiger partial charge on any atom is -0.379 e. The molecule has 21 heavy (non-hydrogen) atoms. The van der Waals surface area contributed by atoms with Crippen molar-refractivity contribution in [3.8, 4) is 0 Å². The van der Waals surface area contributed by atoms with Crippen molar-refractivity contribution < 1.29 is 22.3 Å². The number of halogens is 2. The van der Waals surface area contributed by atoms with Crippen LogP contribution < -0.4 is 0 Å². The van der Waals surface area contributed by atoms with Gasteiger partial charge in [0.1, 0.15) is 10.7 Å². The average Bonchev–Trinajstić information content (AvgIpc) is 2.92. The summed E-state index contributed by atoms with van der Waals surface area (Å²) in [4.78, 5) is 13.2. The van der Waals surface area contributed by atoms with E-state index in [9.17, 15) is 17.6 Å². The molecule has 0 spiro atoms. The number of benzene rings is 1. The van der Waals surface area contributed by atoms with Gasteiger partial charge in [0.25, 0.3) is 15.0 Å². The molecule has 0 bridgehead atoms. The van der Waals surface area contributed by atoms with E-state index in [1.54, 1.807) is 7.05 Å². The summed E-state index contributed by atoms with van der Waals surface area (Å²) in [7, 11) is 2.56. The number of aryl methyl sites for hydroxylation is 1. The maximum Gasteiger partial charge on any atom is 0.264 e. The summed E-state index contributed by atoms with van der Waals surface area (Å²) in [5.74, 6) is -1.33. The van der Waals surface area contributed by atoms with Crippen molar-refractivity contribution >= 4 is 25.6 Å². The average molecular weight is 336 g/mol. The molecule has 0 aliphatic carbocycles. The van der Waals surface area contributed by atoms with Crippen LogP contribution in [-0.4, -0.2) is 45.5 Å². The molecule has 1 aromatic carbocycles. The Kier molecular flexibility index (Phi) is 4.55. The van der Waals surface area contributed by atoms with Crippen LogP contribution in [0, 0.1) is 12.7 Å². The lowest BCUT2D eigenvalue weighted by Gasteiger charge is -2.23. The summed E-state index contributed by atoms with van der Waals surface area (Å²) in [6, 6.07) is 2.22. The predicted octanol–water partition coefficient (Wildman–Crippen LogP) is 1.92. The summed E-state index contributed by atoms with van der Waals surface area (Å²) in [5.41, 5.74) is 0.138. The zero-order chi connectivity index (χ0) is 15.8. The second-order valence-electron chi connectivity index (χ2n) is 4.98. The van der Waals surface area contributed by atoms with Crippen LogP contribution in [0.25, 0.3) is 0 Å². The number of carbonyl (C=O) groups is 1. The first kappa shape index (κ1) is 16.2. The Morgan fingerprint density at radius 3 is 2.67 bits per heavy atom. The molecule has 1 aliphatic rings. The number of amides is 1. The first-order valence-corrected chi connectivity index (χ1v) is 8.62. The molecule has 0 aromatic heterocycles. The molecule has 116 valence electrons. The summed E-state index contributed by atoms with van der Waals surface area (Å²) in [6.07, 6.45) is 0.711. The van der Waals surface area contributed by atoms with Crippen molar-refractivity contribution in [1.29, 1.82) is 0 Å². The van der Waals surface area contributed by atoms with Crippen molar-refractivity contribution in [2.75, 3.05) is 20.3 Å². The first-order valence-electron chi connectivity index (χ1n) is 6.31. The Morgan fingerprint density at radius 1 is 1.48 bits per heavy atom. The predicted molar refractivity (Wildman–Crippen MR) is 75.5 cm³/mol. The van der Waals surface area contributed by atoms with Gasteiger partial charge in [-0.05, 0) is 31.0 Å². The Hall–Kier alpha value is -1.18. The minimum absolute atomic E-state index is 0.0520. The highest BCUT2D eigenvalue weighted by Gasteiger charge is 2.27. The smallest absolute Gasteiger partial charge is 0.264 e. The number of rotatable bonds is 3. The quantitative estimate of drug-likeness (QED) is 0.792. The third kappa shape index (κ3) is 3.36. The van der Waals surface area contributed by atoms with Crippen LogP contribution in [0.5, 0.6) is 0 Å². The van der Waals surface area contributed by atoms with Crippen LogP contribution in [0.2, 0.25) is 0 Å². The fourth-order valence-electron chi connectivity index (χ4n) is 2.24. The Bertz CT molecular complexity index is 671. The van der Waals surface area contributed by atoms with Gasteiger partial charge in [-0.3, -0.25) is 4.79 Å². The van der Waals surface area contributed by atoms with Gasteiger partial charge in [-0.25, -0.2) is 12.8 Å². The van der Waals surface area contributed by atoms with Gasteiger partial charge in [-0.2, -0.15) is 0 Å². The molecule has 1 saturated heterocycles. The zero-order valence-corrected chi connectivity index (χ0v) is 13.2. The standard InChI is InChI=1S/C13H15ClFNO4S/c1-8-5-9(6-11(12(8)15)21(14,18)19)13(17)16(2)10-3-4-20-7-10/h5-6,10H,3-4,7H2,1-2H3. The maximum absolute atomic E-state index is 13.8. The van der Waals surface area contributed by atoms with Crippen LogP contribution in [-0.2, 0) is 13.8 Å². The number of nitrogens with zero attached hydrogens (tertiary/aromatic N) is 1. The molecule has 1 amide bonds. The molecule has 8 heteroatoms. The fourth-order valence-corrected chi connectivity index (χ4v) is 3.21. The molecule has 0 radical (unpaired) electrons. The van der Waals surface area contributed by atoms with E-state index in [2.05, 4.69) is 0 Å². The number of carbonyl (C=O) groups excluding carboxylic acids is 1. The molecule has 1 aromatic rings. The van der Waals surface area contributed by atoms with E-state index < -0.39 is 25.7 Å². The maximum atomic E-state index is 13.8. The number of ether oxygens (including phenoxy) is 1. The third-order valence-corrected chi connectivity index (χ3v) is 4.83. The van der Waals surface area contributed by atoms with Crippen molar-refractivity contribution in [3.05, 3.63) is 29.1 Å². The molecule has 2 rings (SSSR count). The van der Waals surface area contributed by atoms with Crippen LogP contribution in [0.15, 0.2) is 17.0 Å². The number of hydrogen-bond acceptors (Lipinski definition) is 4. The number of likely N-dealkylation sites (N-methyl/N-ethyl adjacent to an activating group) is 1. The van der Waals surface area contributed by atoms with Crippen molar-refractivity contribution in [3.63, 3.8) is 0 Å². The van der Waals surface area contributed by atoms with Crippen LogP contribution >= 0.6 is 10.7 Å². The van der Waals surface area contributed by atoms with Crippen molar-refractivity contribution in [1.82, 2.24) is 4.90 Å². The molecule has 0 N–H and O–H groups in total. The normalized spacial score (nSPS) is 18.8. The molecule has 5 nitrogen and oxygen atoms in total. The van der Waals surface area contributed by atoms with Crippen LogP contribution in [0.3, 0.4) is 0 Å². The van der Waals surface area contributed by atoms with E-state index in [4.69, 9.17) is 15.4 Å². The van der Waals surface area contributed by atoms with Crippen molar-refractivity contribution in [2.24, 2.45) is 0 Å². The summed E-state index contributed by atoms with van der Waals surface area (Å²) in [5, 5.41) is 0. The second kappa shape index (κ2) is 5.90. The molecule has 1 fully saturated rings. The van der Waals surface area contributed by atoms with Gasteiger partial charge in [0.05, 0.1) is 12.6 Å². The van der Waals surface area contributed by atoms with Gasteiger partial charge >= 0.3 is 0 Å². The third-order valence-electron chi connectivity index (χ3n) is 3.50. The zero-order valence-electron chi connectivity index (χ0n) is 11.6. The lowest BCUT2D eigenvalue weighted by Crippen LogP contribution is -2.37. The fraction of sp³-hybridized carbons (Fsp3) is 0.462. The summed E-state index contributed by atoms with van der Waals surface area (Å²) >= 11 is 0. The lowest BCUT2D eigenvalue weighted by atomic mass is 10.1. The van der Waals surface area contributed by atoms with E-state index in [-0.39, 0.29) is 17.2 Å². The van der Waals surface area contributed by atoms with Crippen LogP contribution in [0.4, 0.5) is 4.39 Å². The molecule has 1 heterocycles. The summed E-state index contributed by atoms with van der Waals surface area (Å²) in [6.45, 7) is 2.39. The molecule has 1 atom stereocenters.